The number of benzene rings is 2. The minimum absolute atomic E-state index is 0.118. The zero-order valence-corrected chi connectivity index (χ0v) is 18.6. The predicted molar refractivity (Wildman–Crippen MR) is 117 cm³/mol. The molecule has 4 aromatic rings. The Morgan fingerprint density at radius 1 is 1.23 bits per heavy atom. The number of rotatable bonds is 8. The first kappa shape index (κ1) is 21.4. The van der Waals surface area contributed by atoms with E-state index < -0.39 is 15.8 Å². The minimum atomic E-state index is -3.75. The number of ether oxygens (including phenoxy) is 1. The van der Waals surface area contributed by atoms with Crippen LogP contribution in [0.2, 0.25) is 0 Å². The Bertz CT molecular complexity index is 1330. The molecule has 10 heteroatoms. The van der Waals surface area contributed by atoms with Gasteiger partial charge >= 0.3 is 0 Å². The van der Waals surface area contributed by atoms with Crippen LogP contribution in [-0.2, 0) is 16.4 Å². The lowest BCUT2D eigenvalue weighted by Gasteiger charge is -2.12. The van der Waals surface area contributed by atoms with Crippen LogP contribution in [0.4, 0.5) is 4.39 Å². The van der Waals surface area contributed by atoms with Gasteiger partial charge in [0, 0.05) is 18.3 Å². The lowest BCUT2D eigenvalue weighted by Crippen LogP contribution is -2.27. The van der Waals surface area contributed by atoms with Crippen molar-refractivity contribution in [3.8, 4) is 17.1 Å². The van der Waals surface area contributed by atoms with Gasteiger partial charge in [-0.25, -0.2) is 22.0 Å². The van der Waals surface area contributed by atoms with Crippen LogP contribution in [-0.4, -0.2) is 36.2 Å². The number of thiazole rings is 1. The smallest absolute Gasteiger partial charge is 0.244 e. The van der Waals surface area contributed by atoms with E-state index in [4.69, 9.17) is 4.74 Å². The molecule has 0 saturated heterocycles. The third-order valence-electron chi connectivity index (χ3n) is 4.63. The van der Waals surface area contributed by atoms with Crippen LogP contribution in [0.3, 0.4) is 0 Å². The molecule has 0 aliphatic carbocycles. The van der Waals surface area contributed by atoms with Crippen LogP contribution < -0.4 is 9.46 Å². The highest BCUT2D eigenvalue weighted by atomic mass is 32.2. The van der Waals surface area contributed by atoms with Crippen molar-refractivity contribution in [1.29, 1.82) is 0 Å². The molecule has 0 unspecified atom stereocenters. The van der Waals surface area contributed by atoms with Crippen molar-refractivity contribution in [2.75, 3.05) is 13.2 Å². The summed E-state index contributed by atoms with van der Waals surface area (Å²) in [4.78, 5) is 5.12. The molecule has 0 atom stereocenters. The van der Waals surface area contributed by atoms with Crippen LogP contribution in [0.15, 0.2) is 52.7 Å². The van der Waals surface area contributed by atoms with E-state index in [1.165, 1.54) is 17.4 Å². The van der Waals surface area contributed by atoms with Crippen LogP contribution >= 0.6 is 11.3 Å². The lowest BCUT2D eigenvalue weighted by atomic mass is 10.2. The maximum absolute atomic E-state index is 14.0. The molecule has 0 aliphatic heterocycles. The van der Waals surface area contributed by atoms with E-state index in [2.05, 4.69) is 14.8 Å². The number of fused-ring (bicyclic) bond motifs is 1. The van der Waals surface area contributed by atoms with Crippen LogP contribution in [0, 0.1) is 12.7 Å². The van der Waals surface area contributed by atoms with Gasteiger partial charge in [0.2, 0.25) is 15.0 Å². The summed E-state index contributed by atoms with van der Waals surface area (Å²) in [6, 6.07) is 11.4. The van der Waals surface area contributed by atoms with E-state index in [1.54, 1.807) is 41.8 Å². The maximum atomic E-state index is 14.0. The quantitative estimate of drug-likeness (QED) is 0.432. The summed E-state index contributed by atoms with van der Waals surface area (Å²) in [5.74, 6) is 0.232. The van der Waals surface area contributed by atoms with Gasteiger partial charge in [-0.2, -0.15) is 4.98 Å². The molecule has 2 aromatic carbocycles. The molecule has 0 bridgehead atoms. The second-order valence-electron chi connectivity index (χ2n) is 6.87. The molecular weight excluding hydrogens is 439 g/mol. The van der Waals surface area contributed by atoms with E-state index >= 15 is 0 Å². The highest BCUT2D eigenvalue weighted by Gasteiger charge is 2.20. The van der Waals surface area contributed by atoms with Gasteiger partial charge in [0.05, 0.1) is 17.9 Å². The normalized spacial score (nSPS) is 11.8. The summed E-state index contributed by atoms with van der Waals surface area (Å²) in [5, 5.41) is 6.27. The molecule has 162 valence electrons. The molecule has 0 amide bonds. The Hall–Kier alpha value is -2.82. The molecular formula is C21H21FN4O3S2. The SMILES string of the molecule is CCOc1ccc(C)cc1S(=O)(=O)NCCc1csc2nc(-c3ccccc3F)nn12. The number of sulfonamides is 1. The fourth-order valence-corrected chi connectivity index (χ4v) is 5.26. The van der Waals surface area contributed by atoms with Gasteiger partial charge in [-0.15, -0.1) is 16.4 Å². The largest absolute Gasteiger partial charge is 0.492 e. The summed E-state index contributed by atoms with van der Waals surface area (Å²) >= 11 is 1.37. The molecule has 0 fully saturated rings. The van der Waals surface area contributed by atoms with Crippen LogP contribution in [0.25, 0.3) is 16.3 Å². The first-order valence-electron chi connectivity index (χ1n) is 9.70. The van der Waals surface area contributed by atoms with Crippen molar-refractivity contribution in [3.63, 3.8) is 0 Å². The molecule has 0 saturated carbocycles. The van der Waals surface area contributed by atoms with Gasteiger partial charge in [0.1, 0.15) is 16.5 Å². The summed E-state index contributed by atoms with van der Waals surface area (Å²) in [5.41, 5.74) is 1.94. The average Bonchev–Trinajstić information content (AvgIpc) is 3.31. The first-order chi connectivity index (χ1) is 14.9. The molecule has 0 radical (unpaired) electrons. The number of hydrogen-bond donors (Lipinski definition) is 1. The Kier molecular flexibility index (Phi) is 6.03. The molecule has 7 nitrogen and oxygen atoms in total. The van der Waals surface area contributed by atoms with E-state index in [1.807, 2.05) is 18.4 Å². The van der Waals surface area contributed by atoms with E-state index in [-0.39, 0.29) is 11.4 Å². The van der Waals surface area contributed by atoms with Gasteiger partial charge in [0.15, 0.2) is 5.82 Å². The summed E-state index contributed by atoms with van der Waals surface area (Å²) < 4.78 is 49.4. The number of nitrogens with zero attached hydrogens (tertiary/aromatic N) is 3. The van der Waals surface area contributed by atoms with Crippen molar-refractivity contribution in [2.45, 2.75) is 25.2 Å². The lowest BCUT2D eigenvalue weighted by molar-refractivity contribution is 0.331. The molecule has 4 rings (SSSR count). The number of aromatic nitrogens is 3. The van der Waals surface area contributed by atoms with Crippen molar-refractivity contribution >= 4 is 26.3 Å². The van der Waals surface area contributed by atoms with E-state index in [0.29, 0.717) is 35.1 Å². The predicted octanol–water partition coefficient (Wildman–Crippen LogP) is 3.83. The molecule has 2 aromatic heterocycles. The summed E-state index contributed by atoms with van der Waals surface area (Å²) in [7, 11) is -3.75. The van der Waals surface area contributed by atoms with E-state index in [0.717, 1.165) is 11.3 Å². The standard InChI is InChI=1S/C21H21FN4O3S2/c1-3-29-18-9-8-14(2)12-19(18)31(27,28)23-11-10-15-13-30-21-24-20(25-26(15)21)16-6-4-5-7-17(16)22/h4-9,12-13,23H,3,10-11H2,1-2H3. The number of hydrogen-bond acceptors (Lipinski definition) is 6. The zero-order chi connectivity index (χ0) is 22.0. The molecule has 0 spiro atoms. The first-order valence-corrected chi connectivity index (χ1v) is 12.1. The zero-order valence-electron chi connectivity index (χ0n) is 17.0. The second kappa shape index (κ2) is 8.74. The number of nitrogens with one attached hydrogen (secondary N) is 1. The maximum Gasteiger partial charge on any atom is 0.244 e. The van der Waals surface area contributed by atoms with Gasteiger partial charge in [-0.3, -0.25) is 0 Å². The third-order valence-corrected chi connectivity index (χ3v) is 6.97. The fraction of sp³-hybridized carbons (Fsp3) is 0.238. The van der Waals surface area contributed by atoms with Gasteiger partial charge in [-0.1, -0.05) is 18.2 Å². The highest BCUT2D eigenvalue weighted by molar-refractivity contribution is 7.89. The van der Waals surface area contributed by atoms with Crippen molar-refractivity contribution in [2.24, 2.45) is 0 Å². The van der Waals surface area contributed by atoms with Crippen LogP contribution in [0.1, 0.15) is 18.2 Å². The van der Waals surface area contributed by atoms with Gasteiger partial charge < -0.3 is 4.74 Å². The van der Waals surface area contributed by atoms with Gasteiger partial charge in [-0.05, 0) is 43.7 Å². The Morgan fingerprint density at radius 2 is 2.03 bits per heavy atom. The summed E-state index contributed by atoms with van der Waals surface area (Å²) in [6.45, 7) is 4.17. The molecule has 2 heterocycles. The Balaban J connectivity index is 1.51. The Morgan fingerprint density at radius 3 is 2.81 bits per heavy atom. The average molecular weight is 461 g/mol. The topological polar surface area (TPSA) is 85.6 Å². The highest BCUT2D eigenvalue weighted by Crippen LogP contribution is 2.26. The van der Waals surface area contributed by atoms with E-state index in [9.17, 15) is 12.8 Å². The van der Waals surface area contributed by atoms with Gasteiger partial charge in [0.25, 0.3) is 0 Å². The summed E-state index contributed by atoms with van der Waals surface area (Å²) in [6.07, 6.45) is 0.398. The second-order valence-corrected chi connectivity index (χ2v) is 9.44. The van der Waals surface area contributed by atoms with Crippen molar-refractivity contribution in [3.05, 3.63) is 64.9 Å². The Labute approximate surface area is 183 Å². The number of aryl methyl sites for hydroxylation is 1. The third kappa shape index (κ3) is 4.46. The van der Waals surface area contributed by atoms with Crippen LogP contribution in [0.5, 0.6) is 5.75 Å². The van der Waals surface area contributed by atoms with Crippen molar-refractivity contribution < 1.29 is 17.5 Å². The molecule has 31 heavy (non-hydrogen) atoms. The monoisotopic (exact) mass is 460 g/mol. The van der Waals surface area contributed by atoms with Crippen molar-refractivity contribution in [1.82, 2.24) is 19.3 Å². The number of halogens is 1. The fourth-order valence-electron chi connectivity index (χ4n) is 3.14. The molecule has 1 N–H and O–H groups in total. The minimum Gasteiger partial charge on any atom is -0.492 e. The molecule has 0 aliphatic rings.